The molecular formula is C10H12FNO5S. The molecule has 18 heavy (non-hydrogen) atoms. The molecule has 1 rings (SSSR count). The van der Waals surface area contributed by atoms with Gasteiger partial charge in [0.05, 0.1) is 12.2 Å². The van der Waals surface area contributed by atoms with Crippen LogP contribution < -0.4 is 4.72 Å². The maximum absolute atomic E-state index is 13.5. The van der Waals surface area contributed by atoms with E-state index in [-0.39, 0.29) is 5.56 Å². The minimum atomic E-state index is -4.12. The molecule has 0 heterocycles. The van der Waals surface area contributed by atoms with Crippen LogP contribution in [0.5, 0.6) is 0 Å². The van der Waals surface area contributed by atoms with Crippen molar-refractivity contribution in [2.45, 2.75) is 17.9 Å². The first-order chi connectivity index (χ1) is 8.27. The Bertz CT molecular complexity index is 557. The van der Waals surface area contributed by atoms with Crippen LogP contribution in [0.2, 0.25) is 0 Å². The zero-order valence-corrected chi connectivity index (χ0v) is 10.2. The number of carboxylic acid groups (broad SMARTS) is 1. The molecule has 0 aliphatic heterocycles. The Balaban J connectivity index is 3.14. The van der Waals surface area contributed by atoms with E-state index in [2.05, 4.69) is 0 Å². The number of benzene rings is 1. The Hall–Kier alpha value is -1.51. The van der Waals surface area contributed by atoms with Crippen LogP contribution in [-0.2, 0) is 10.0 Å². The lowest BCUT2D eigenvalue weighted by Crippen LogP contribution is -2.35. The molecule has 1 atom stereocenters. The van der Waals surface area contributed by atoms with Crippen molar-refractivity contribution >= 4 is 16.0 Å². The van der Waals surface area contributed by atoms with Gasteiger partial charge >= 0.3 is 5.97 Å². The number of carbonyl (C=O) groups is 1. The summed E-state index contributed by atoms with van der Waals surface area (Å²) in [7, 11) is -4.12. The van der Waals surface area contributed by atoms with E-state index < -0.39 is 39.4 Å². The number of rotatable bonds is 5. The highest BCUT2D eigenvalue weighted by Crippen LogP contribution is 2.16. The van der Waals surface area contributed by atoms with Gasteiger partial charge in [0.2, 0.25) is 10.0 Å². The molecule has 0 bridgehead atoms. The molecule has 0 aromatic heterocycles. The van der Waals surface area contributed by atoms with Crippen LogP contribution in [0.4, 0.5) is 4.39 Å². The molecule has 6 nitrogen and oxygen atoms in total. The smallest absolute Gasteiger partial charge is 0.335 e. The van der Waals surface area contributed by atoms with Gasteiger partial charge in [0.25, 0.3) is 0 Å². The monoisotopic (exact) mass is 277 g/mol. The molecule has 0 saturated heterocycles. The van der Waals surface area contributed by atoms with Gasteiger partial charge in [-0.2, -0.15) is 0 Å². The van der Waals surface area contributed by atoms with E-state index in [9.17, 15) is 17.6 Å². The molecule has 0 spiro atoms. The van der Waals surface area contributed by atoms with Crippen LogP contribution >= 0.6 is 0 Å². The maximum atomic E-state index is 13.5. The summed E-state index contributed by atoms with van der Waals surface area (Å²) in [6.45, 7) is 0.967. The third-order valence-corrected chi connectivity index (χ3v) is 3.72. The van der Waals surface area contributed by atoms with Crippen LogP contribution in [0.3, 0.4) is 0 Å². The van der Waals surface area contributed by atoms with Gasteiger partial charge in [-0.3, -0.25) is 0 Å². The fraction of sp³-hybridized carbons (Fsp3) is 0.300. The van der Waals surface area contributed by atoms with E-state index in [1.165, 1.54) is 6.92 Å². The van der Waals surface area contributed by atoms with Crippen molar-refractivity contribution < 1.29 is 27.8 Å². The van der Waals surface area contributed by atoms with Gasteiger partial charge in [-0.15, -0.1) is 0 Å². The van der Waals surface area contributed by atoms with Gasteiger partial charge in [-0.25, -0.2) is 22.3 Å². The Labute approximate surface area is 103 Å². The summed E-state index contributed by atoms with van der Waals surface area (Å²) in [5, 5.41) is 17.4. The van der Waals surface area contributed by atoms with Crippen molar-refractivity contribution in [3.8, 4) is 0 Å². The number of carboxylic acids is 1. The van der Waals surface area contributed by atoms with Crippen LogP contribution in [0.15, 0.2) is 23.1 Å². The normalized spacial score (nSPS) is 13.3. The van der Waals surface area contributed by atoms with Crippen molar-refractivity contribution in [3.63, 3.8) is 0 Å². The molecule has 0 saturated carbocycles. The molecular weight excluding hydrogens is 265 g/mol. The predicted octanol–water partition coefficient (Wildman–Crippen LogP) is 0.183. The number of halogens is 1. The molecule has 0 aliphatic rings. The quantitative estimate of drug-likeness (QED) is 0.712. The average molecular weight is 277 g/mol. The molecule has 3 N–H and O–H groups in total. The zero-order chi connectivity index (χ0) is 13.9. The fourth-order valence-electron chi connectivity index (χ4n) is 1.22. The van der Waals surface area contributed by atoms with Gasteiger partial charge in [-0.1, -0.05) is 0 Å². The summed E-state index contributed by atoms with van der Waals surface area (Å²) in [5.41, 5.74) is -0.346. The fourth-order valence-corrected chi connectivity index (χ4v) is 2.51. The molecule has 0 fully saturated rings. The number of aliphatic hydroxyl groups is 1. The summed E-state index contributed by atoms with van der Waals surface area (Å²) < 4.78 is 38.9. The molecule has 100 valence electrons. The van der Waals surface area contributed by atoms with Crippen molar-refractivity contribution in [2.75, 3.05) is 6.61 Å². The maximum Gasteiger partial charge on any atom is 0.335 e. The molecule has 0 aliphatic carbocycles. The second kappa shape index (κ2) is 5.42. The second-order valence-electron chi connectivity index (χ2n) is 3.66. The highest BCUT2D eigenvalue weighted by atomic mass is 32.2. The van der Waals surface area contributed by atoms with Gasteiger partial charge < -0.3 is 10.2 Å². The summed E-state index contributed by atoms with van der Waals surface area (Å²) in [4.78, 5) is 9.91. The third kappa shape index (κ3) is 3.25. The summed E-state index contributed by atoms with van der Waals surface area (Å²) in [6, 6.07) is 1.71. The molecule has 0 amide bonds. The van der Waals surface area contributed by atoms with E-state index in [0.717, 1.165) is 12.1 Å². The minimum Gasteiger partial charge on any atom is -0.478 e. The lowest BCUT2D eigenvalue weighted by Gasteiger charge is -2.12. The minimum absolute atomic E-state index is 0.346. The number of hydrogen-bond acceptors (Lipinski definition) is 4. The van der Waals surface area contributed by atoms with Crippen LogP contribution in [0.1, 0.15) is 17.3 Å². The van der Waals surface area contributed by atoms with E-state index >= 15 is 0 Å². The first-order valence-electron chi connectivity index (χ1n) is 4.94. The molecule has 1 aromatic carbocycles. The first kappa shape index (κ1) is 14.6. The highest BCUT2D eigenvalue weighted by molar-refractivity contribution is 7.89. The Morgan fingerprint density at radius 3 is 2.56 bits per heavy atom. The topological polar surface area (TPSA) is 104 Å². The number of nitrogens with one attached hydrogen (secondary N) is 1. The lowest BCUT2D eigenvalue weighted by molar-refractivity contribution is 0.0696. The van der Waals surface area contributed by atoms with Crippen molar-refractivity contribution in [3.05, 3.63) is 29.6 Å². The highest BCUT2D eigenvalue weighted by Gasteiger charge is 2.22. The van der Waals surface area contributed by atoms with Gasteiger partial charge in [-0.05, 0) is 25.1 Å². The lowest BCUT2D eigenvalue weighted by atomic mass is 10.2. The number of sulfonamides is 1. The van der Waals surface area contributed by atoms with Crippen LogP contribution in [0, 0.1) is 5.82 Å². The van der Waals surface area contributed by atoms with E-state index in [4.69, 9.17) is 10.2 Å². The van der Waals surface area contributed by atoms with Crippen LogP contribution in [-0.4, -0.2) is 37.2 Å². The summed E-state index contributed by atoms with van der Waals surface area (Å²) in [5.74, 6) is -2.51. The molecule has 0 unspecified atom stereocenters. The van der Waals surface area contributed by atoms with Crippen molar-refractivity contribution in [1.29, 1.82) is 0 Å². The zero-order valence-electron chi connectivity index (χ0n) is 9.42. The first-order valence-corrected chi connectivity index (χ1v) is 6.42. The number of aromatic carboxylic acids is 1. The van der Waals surface area contributed by atoms with Crippen LogP contribution in [0.25, 0.3) is 0 Å². The summed E-state index contributed by atoms with van der Waals surface area (Å²) >= 11 is 0. The standard InChI is InChI=1S/C10H12FNO5S/c1-6(5-13)12-18(16,17)9-3-2-7(10(14)15)4-8(9)11/h2-4,6,12-13H,5H2,1H3,(H,14,15)/t6-/m1/s1. The summed E-state index contributed by atoms with van der Waals surface area (Å²) in [6.07, 6.45) is 0. The van der Waals surface area contributed by atoms with E-state index in [1.54, 1.807) is 0 Å². The van der Waals surface area contributed by atoms with Gasteiger partial charge in [0, 0.05) is 6.04 Å². The van der Waals surface area contributed by atoms with Crippen molar-refractivity contribution in [2.24, 2.45) is 0 Å². The Morgan fingerprint density at radius 1 is 1.50 bits per heavy atom. The molecule has 1 aromatic rings. The Morgan fingerprint density at radius 2 is 2.11 bits per heavy atom. The SMILES string of the molecule is C[C@H](CO)NS(=O)(=O)c1ccc(C(=O)O)cc1F. The van der Waals surface area contributed by atoms with Crippen molar-refractivity contribution in [1.82, 2.24) is 4.72 Å². The van der Waals surface area contributed by atoms with Gasteiger partial charge in [0.1, 0.15) is 10.7 Å². The van der Waals surface area contributed by atoms with Gasteiger partial charge in [0.15, 0.2) is 0 Å². The number of aliphatic hydroxyl groups excluding tert-OH is 1. The molecule has 8 heteroatoms. The second-order valence-corrected chi connectivity index (χ2v) is 5.34. The molecule has 0 radical (unpaired) electrons. The van der Waals surface area contributed by atoms with E-state index in [0.29, 0.717) is 6.07 Å². The predicted molar refractivity (Wildman–Crippen MR) is 60.2 cm³/mol. The Kier molecular flexibility index (Phi) is 4.38. The third-order valence-electron chi connectivity index (χ3n) is 2.10. The van der Waals surface area contributed by atoms with E-state index in [1.807, 2.05) is 4.72 Å². The average Bonchev–Trinajstić information content (AvgIpc) is 2.27. The number of hydrogen-bond donors (Lipinski definition) is 3. The largest absolute Gasteiger partial charge is 0.478 e.